The van der Waals surface area contributed by atoms with E-state index >= 15 is 0 Å². The van der Waals surface area contributed by atoms with Crippen molar-refractivity contribution in [3.05, 3.63) is 58.6 Å². The Morgan fingerprint density at radius 3 is 2.14 bits per heavy atom. The molecule has 5 heteroatoms. The third-order valence-electron chi connectivity index (χ3n) is 5.32. The molecule has 3 aromatic carbocycles. The molecule has 0 radical (unpaired) electrons. The van der Waals surface area contributed by atoms with Crippen LogP contribution in [0.25, 0.3) is 27.5 Å². The van der Waals surface area contributed by atoms with Crippen LogP contribution in [0.1, 0.15) is 52.7 Å². The fourth-order valence-electron chi connectivity index (χ4n) is 3.59. The van der Waals surface area contributed by atoms with E-state index in [1.165, 1.54) is 4.80 Å². The molecule has 29 heavy (non-hydrogen) atoms. The molecule has 150 valence electrons. The van der Waals surface area contributed by atoms with Gasteiger partial charge >= 0.3 is 0 Å². The fraction of sp³-hybridized carbons (Fsp3) is 0.333. The van der Waals surface area contributed by atoms with Gasteiger partial charge in [-0.25, -0.2) is 0 Å². The topological polar surface area (TPSA) is 50.9 Å². The number of rotatable bonds is 1. The molecule has 0 aliphatic rings. The van der Waals surface area contributed by atoms with Gasteiger partial charge in [-0.2, -0.15) is 0 Å². The molecule has 0 fully saturated rings. The minimum atomic E-state index is -0.220. The first-order valence-electron chi connectivity index (χ1n) is 9.79. The molecule has 0 aliphatic carbocycles. The molecule has 1 N–H and O–H groups in total. The van der Waals surface area contributed by atoms with Crippen LogP contribution in [0.2, 0.25) is 5.02 Å². The Bertz CT molecular complexity index is 1240. The molecule has 4 aromatic rings. The number of aromatic nitrogens is 3. The van der Waals surface area contributed by atoms with Gasteiger partial charge in [-0.3, -0.25) is 0 Å². The second-order valence-corrected chi connectivity index (χ2v) is 10.1. The van der Waals surface area contributed by atoms with Gasteiger partial charge < -0.3 is 5.11 Å². The van der Waals surface area contributed by atoms with Crippen LogP contribution in [-0.2, 0) is 10.8 Å². The van der Waals surface area contributed by atoms with E-state index in [2.05, 4.69) is 52.7 Å². The van der Waals surface area contributed by atoms with Crippen LogP contribution in [0.15, 0.2) is 42.5 Å². The van der Waals surface area contributed by atoms with E-state index in [-0.39, 0.29) is 16.6 Å². The molecule has 0 saturated carbocycles. The number of aromatic hydroxyl groups is 1. The van der Waals surface area contributed by atoms with Crippen molar-refractivity contribution in [3.63, 3.8) is 0 Å². The van der Waals surface area contributed by atoms with Crippen molar-refractivity contribution in [2.75, 3.05) is 0 Å². The lowest BCUT2D eigenvalue weighted by molar-refractivity contribution is 0.438. The van der Waals surface area contributed by atoms with E-state index in [9.17, 15) is 5.11 Å². The monoisotopic (exact) mass is 407 g/mol. The molecule has 1 heterocycles. The number of nitrogens with zero attached hydrogens (tertiary/aromatic N) is 3. The highest BCUT2D eigenvalue weighted by molar-refractivity contribution is 6.37. The Morgan fingerprint density at radius 1 is 0.862 bits per heavy atom. The first kappa shape index (κ1) is 19.7. The zero-order valence-corrected chi connectivity index (χ0v) is 18.5. The third-order valence-corrected chi connectivity index (χ3v) is 5.63. The molecule has 4 rings (SSSR count). The normalized spacial score (nSPS) is 12.8. The van der Waals surface area contributed by atoms with E-state index in [1.807, 2.05) is 36.4 Å². The van der Waals surface area contributed by atoms with E-state index < -0.39 is 0 Å². The lowest BCUT2D eigenvalue weighted by atomic mass is 9.80. The SMILES string of the molecule is CC(C)(C)c1cc(-n2nc3cc(Cl)c4ccccc4c3n2)c(O)c(C(C)(C)C)c1. The van der Waals surface area contributed by atoms with Gasteiger partial charge in [0, 0.05) is 16.3 Å². The van der Waals surface area contributed by atoms with Crippen LogP contribution in [0, 0.1) is 0 Å². The summed E-state index contributed by atoms with van der Waals surface area (Å²) >= 11 is 6.47. The molecule has 0 unspecified atom stereocenters. The largest absolute Gasteiger partial charge is 0.505 e. The van der Waals surface area contributed by atoms with E-state index in [0.717, 1.165) is 27.4 Å². The van der Waals surface area contributed by atoms with Crippen LogP contribution < -0.4 is 0 Å². The second kappa shape index (κ2) is 6.46. The highest BCUT2D eigenvalue weighted by Gasteiger charge is 2.26. The number of hydrogen-bond donors (Lipinski definition) is 1. The smallest absolute Gasteiger partial charge is 0.146 e. The van der Waals surface area contributed by atoms with Crippen LogP contribution in [0.5, 0.6) is 5.75 Å². The molecule has 0 atom stereocenters. The Kier molecular flexibility index (Phi) is 4.39. The lowest BCUT2D eigenvalue weighted by Crippen LogP contribution is -2.18. The van der Waals surface area contributed by atoms with Gasteiger partial charge in [-0.1, -0.05) is 83.5 Å². The summed E-state index contributed by atoms with van der Waals surface area (Å²) in [5.74, 6) is 0.209. The predicted molar refractivity (Wildman–Crippen MR) is 120 cm³/mol. The maximum Gasteiger partial charge on any atom is 0.146 e. The molecule has 0 saturated heterocycles. The third kappa shape index (κ3) is 3.36. The average molecular weight is 408 g/mol. The van der Waals surface area contributed by atoms with Crippen LogP contribution in [0.4, 0.5) is 0 Å². The first-order chi connectivity index (χ1) is 13.5. The summed E-state index contributed by atoms with van der Waals surface area (Å²) in [6.07, 6.45) is 0. The molecule has 1 aromatic heterocycles. The summed E-state index contributed by atoms with van der Waals surface area (Å²) in [5, 5.41) is 23.1. The van der Waals surface area contributed by atoms with Crippen LogP contribution >= 0.6 is 11.6 Å². The summed E-state index contributed by atoms with van der Waals surface area (Å²) in [6.45, 7) is 12.8. The van der Waals surface area contributed by atoms with Crippen LogP contribution in [-0.4, -0.2) is 20.1 Å². The molecule has 0 aliphatic heterocycles. The van der Waals surface area contributed by atoms with Gasteiger partial charge in [-0.05, 0) is 28.5 Å². The van der Waals surface area contributed by atoms with Crippen LogP contribution in [0.3, 0.4) is 0 Å². The Balaban J connectivity index is 2.04. The summed E-state index contributed by atoms with van der Waals surface area (Å²) < 4.78 is 0. The summed E-state index contributed by atoms with van der Waals surface area (Å²) in [4.78, 5) is 1.53. The fourth-order valence-corrected chi connectivity index (χ4v) is 3.85. The van der Waals surface area contributed by atoms with Crippen molar-refractivity contribution in [1.29, 1.82) is 0 Å². The summed E-state index contributed by atoms with van der Waals surface area (Å²) in [5.41, 5.74) is 3.75. The number of halogens is 1. The summed E-state index contributed by atoms with van der Waals surface area (Å²) in [6, 6.07) is 13.8. The van der Waals surface area contributed by atoms with Gasteiger partial charge in [-0.15, -0.1) is 15.0 Å². The number of benzene rings is 3. The molecule has 4 nitrogen and oxygen atoms in total. The number of fused-ring (bicyclic) bond motifs is 3. The van der Waals surface area contributed by atoms with E-state index in [4.69, 9.17) is 16.7 Å². The van der Waals surface area contributed by atoms with Crippen molar-refractivity contribution in [2.45, 2.75) is 52.4 Å². The summed E-state index contributed by atoms with van der Waals surface area (Å²) in [7, 11) is 0. The molecular weight excluding hydrogens is 382 g/mol. The van der Waals surface area contributed by atoms with Crippen molar-refractivity contribution >= 4 is 33.4 Å². The molecular formula is C24H26ClN3O. The van der Waals surface area contributed by atoms with Gasteiger partial charge in [0.25, 0.3) is 0 Å². The van der Waals surface area contributed by atoms with Crippen molar-refractivity contribution in [1.82, 2.24) is 15.0 Å². The van der Waals surface area contributed by atoms with E-state index in [0.29, 0.717) is 16.2 Å². The standard InChI is InChI=1S/C24H26ClN3O/c1-23(2,3)14-11-17(24(4,5)6)22(29)20(12-14)28-26-19-13-18(25)15-9-7-8-10-16(15)21(19)27-28/h7-13,29H,1-6H3. The number of hydrogen-bond acceptors (Lipinski definition) is 3. The maximum atomic E-state index is 11.1. The zero-order chi connectivity index (χ0) is 21.1. The Morgan fingerprint density at radius 2 is 1.52 bits per heavy atom. The molecule has 0 bridgehead atoms. The number of phenols is 1. The Hall–Kier alpha value is -2.59. The van der Waals surface area contributed by atoms with E-state index in [1.54, 1.807) is 0 Å². The average Bonchev–Trinajstić information content (AvgIpc) is 3.04. The van der Waals surface area contributed by atoms with Crippen molar-refractivity contribution in [2.24, 2.45) is 0 Å². The zero-order valence-electron chi connectivity index (χ0n) is 17.7. The second-order valence-electron chi connectivity index (χ2n) is 9.65. The maximum absolute atomic E-state index is 11.1. The van der Waals surface area contributed by atoms with Gasteiger partial charge in [0.1, 0.15) is 22.5 Å². The minimum Gasteiger partial charge on any atom is -0.505 e. The minimum absolute atomic E-state index is 0.0783. The highest BCUT2D eigenvalue weighted by Crippen LogP contribution is 2.39. The first-order valence-corrected chi connectivity index (χ1v) is 10.2. The molecule has 0 spiro atoms. The highest BCUT2D eigenvalue weighted by atomic mass is 35.5. The lowest BCUT2D eigenvalue weighted by Gasteiger charge is -2.27. The van der Waals surface area contributed by atoms with Gasteiger partial charge in [0.2, 0.25) is 0 Å². The van der Waals surface area contributed by atoms with Gasteiger partial charge in [0.05, 0.1) is 5.02 Å². The van der Waals surface area contributed by atoms with Crippen molar-refractivity contribution < 1.29 is 5.11 Å². The number of phenolic OH excluding ortho intramolecular Hbond substituents is 1. The van der Waals surface area contributed by atoms with Gasteiger partial charge in [0.15, 0.2) is 0 Å². The molecule has 0 amide bonds. The predicted octanol–water partition coefficient (Wildman–Crippen LogP) is 6.53. The Labute approximate surface area is 176 Å². The van der Waals surface area contributed by atoms with Crippen molar-refractivity contribution in [3.8, 4) is 11.4 Å². The quantitative estimate of drug-likeness (QED) is 0.390.